The molecule has 0 aliphatic heterocycles. The standard InChI is InChI=1S/C21H19ClN2O3S/c1-16-7-10-19(11-8-16)28(25,26)24-23-14-18-9-12-21(20(22)13-18)27-15-17-5-3-2-4-6-17/h2-14,24H,15H2,1H3. The average Bonchev–Trinajstić information content (AvgIpc) is 2.68. The number of hydrazone groups is 1. The zero-order chi connectivity index (χ0) is 20.0. The molecule has 0 aliphatic rings. The Labute approximate surface area is 169 Å². The molecule has 3 rings (SSSR count). The summed E-state index contributed by atoms with van der Waals surface area (Å²) in [7, 11) is -3.71. The van der Waals surface area contributed by atoms with Crippen LogP contribution < -0.4 is 9.57 Å². The van der Waals surface area contributed by atoms with Crippen molar-refractivity contribution in [1.29, 1.82) is 0 Å². The molecule has 0 radical (unpaired) electrons. The number of hydrogen-bond acceptors (Lipinski definition) is 4. The van der Waals surface area contributed by atoms with Crippen LogP contribution in [0.3, 0.4) is 0 Å². The monoisotopic (exact) mass is 414 g/mol. The van der Waals surface area contributed by atoms with Crippen molar-refractivity contribution < 1.29 is 13.2 Å². The second-order valence-corrected chi connectivity index (χ2v) is 8.20. The summed E-state index contributed by atoms with van der Waals surface area (Å²) in [5.74, 6) is 0.544. The van der Waals surface area contributed by atoms with Gasteiger partial charge in [0, 0.05) is 0 Å². The van der Waals surface area contributed by atoms with E-state index in [2.05, 4.69) is 9.93 Å². The molecule has 3 aromatic carbocycles. The van der Waals surface area contributed by atoms with Gasteiger partial charge in [-0.3, -0.25) is 0 Å². The Morgan fingerprint density at radius 1 is 1.04 bits per heavy atom. The second-order valence-electron chi connectivity index (χ2n) is 6.13. The average molecular weight is 415 g/mol. The van der Waals surface area contributed by atoms with Crippen molar-refractivity contribution in [3.8, 4) is 5.75 Å². The van der Waals surface area contributed by atoms with Crippen molar-refractivity contribution in [3.05, 3.63) is 94.5 Å². The third-order valence-corrected chi connectivity index (χ3v) is 5.44. The van der Waals surface area contributed by atoms with Crippen LogP contribution in [0.1, 0.15) is 16.7 Å². The van der Waals surface area contributed by atoms with E-state index in [0.29, 0.717) is 22.9 Å². The Kier molecular flexibility index (Phi) is 6.34. The minimum atomic E-state index is -3.71. The van der Waals surface area contributed by atoms with Crippen LogP contribution in [-0.4, -0.2) is 14.6 Å². The first-order valence-corrected chi connectivity index (χ1v) is 10.4. The first-order chi connectivity index (χ1) is 13.4. The van der Waals surface area contributed by atoms with Gasteiger partial charge in [-0.05, 0) is 48.4 Å². The van der Waals surface area contributed by atoms with Gasteiger partial charge in [0.1, 0.15) is 12.4 Å². The Morgan fingerprint density at radius 2 is 1.75 bits per heavy atom. The van der Waals surface area contributed by atoms with Crippen molar-refractivity contribution >= 4 is 27.8 Å². The van der Waals surface area contributed by atoms with Gasteiger partial charge in [0.15, 0.2) is 0 Å². The zero-order valence-corrected chi connectivity index (χ0v) is 16.7. The normalized spacial score (nSPS) is 11.5. The molecular formula is C21H19ClN2O3S. The van der Waals surface area contributed by atoms with Crippen molar-refractivity contribution in [2.45, 2.75) is 18.4 Å². The molecule has 3 aromatic rings. The van der Waals surface area contributed by atoms with Crippen molar-refractivity contribution in [1.82, 2.24) is 4.83 Å². The lowest BCUT2D eigenvalue weighted by Crippen LogP contribution is -2.18. The fraction of sp³-hybridized carbons (Fsp3) is 0.0952. The van der Waals surface area contributed by atoms with E-state index < -0.39 is 10.0 Å². The zero-order valence-electron chi connectivity index (χ0n) is 15.2. The molecule has 0 saturated carbocycles. The summed E-state index contributed by atoms with van der Waals surface area (Å²) < 4.78 is 30.1. The number of halogens is 1. The van der Waals surface area contributed by atoms with Crippen LogP contribution in [0.2, 0.25) is 5.02 Å². The number of benzene rings is 3. The summed E-state index contributed by atoms with van der Waals surface area (Å²) in [6.45, 7) is 2.29. The highest BCUT2D eigenvalue weighted by Gasteiger charge is 2.11. The van der Waals surface area contributed by atoms with Crippen molar-refractivity contribution in [3.63, 3.8) is 0 Å². The van der Waals surface area contributed by atoms with Gasteiger partial charge in [-0.25, -0.2) is 4.83 Å². The lowest BCUT2D eigenvalue weighted by atomic mass is 10.2. The number of hydrogen-bond donors (Lipinski definition) is 1. The topological polar surface area (TPSA) is 67.8 Å². The van der Waals surface area contributed by atoms with Gasteiger partial charge in [-0.2, -0.15) is 13.5 Å². The quantitative estimate of drug-likeness (QED) is 0.456. The molecule has 28 heavy (non-hydrogen) atoms. The molecule has 0 saturated heterocycles. The van der Waals surface area contributed by atoms with Crippen molar-refractivity contribution in [2.24, 2.45) is 5.10 Å². The molecule has 0 amide bonds. The number of aryl methyl sites for hydroxylation is 1. The molecule has 0 bridgehead atoms. The van der Waals surface area contributed by atoms with Crippen LogP contribution in [0.5, 0.6) is 5.75 Å². The van der Waals surface area contributed by atoms with Gasteiger partial charge in [-0.15, -0.1) is 0 Å². The molecule has 0 atom stereocenters. The third-order valence-electron chi connectivity index (χ3n) is 3.91. The maximum absolute atomic E-state index is 12.2. The molecule has 1 N–H and O–H groups in total. The van der Waals surface area contributed by atoms with E-state index in [-0.39, 0.29) is 4.90 Å². The molecule has 0 fully saturated rings. The van der Waals surface area contributed by atoms with E-state index >= 15 is 0 Å². The highest BCUT2D eigenvalue weighted by Crippen LogP contribution is 2.25. The SMILES string of the molecule is Cc1ccc(S(=O)(=O)NN=Cc2ccc(OCc3ccccc3)c(Cl)c2)cc1. The Balaban J connectivity index is 1.63. The molecular weight excluding hydrogens is 396 g/mol. The maximum Gasteiger partial charge on any atom is 0.276 e. The van der Waals surface area contributed by atoms with Crippen LogP contribution in [0.25, 0.3) is 0 Å². The fourth-order valence-electron chi connectivity index (χ4n) is 2.39. The van der Waals surface area contributed by atoms with E-state index in [1.54, 1.807) is 30.3 Å². The number of sulfonamides is 1. The van der Waals surface area contributed by atoms with Gasteiger partial charge in [0.25, 0.3) is 10.0 Å². The predicted octanol–water partition coefficient (Wildman–Crippen LogP) is 4.54. The second kappa shape index (κ2) is 8.91. The fourth-order valence-corrected chi connectivity index (χ4v) is 3.42. The van der Waals surface area contributed by atoms with E-state index in [9.17, 15) is 8.42 Å². The molecule has 0 aromatic heterocycles. The molecule has 0 heterocycles. The highest BCUT2D eigenvalue weighted by molar-refractivity contribution is 7.89. The van der Waals surface area contributed by atoms with Crippen LogP contribution >= 0.6 is 11.6 Å². The Morgan fingerprint density at radius 3 is 2.43 bits per heavy atom. The summed E-state index contributed by atoms with van der Waals surface area (Å²) in [5.41, 5.74) is 2.66. The van der Waals surface area contributed by atoms with E-state index in [4.69, 9.17) is 16.3 Å². The third kappa shape index (κ3) is 5.34. The summed E-state index contributed by atoms with van der Waals surface area (Å²) in [6.07, 6.45) is 1.39. The molecule has 144 valence electrons. The van der Waals surface area contributed by atoms with E-state index in [1.807, 2.05) is 37.3 Å². The molecule has 0 unspecified atom stereocenters. The first kappa shape index (κ1) is 19.9. The summed E-state index contributed by atoms with van der Waals surface area (Å²) in [4.78, 5) is 2.34. The first-order valence-electron chi connectivity index (χ1n) is 8.52. The minimum Gasteiger partial charge on any atom is -0.487 e. The summed E-state index contributed by atoms with van der Waals surface area (Å²) in [5, 5.41) is 4.23. The molecule has 5 nitrogen and oxygen atoms in total. The van der Waals surface area contributed by atoms with Crippen LogP contribution in [-0.2, 0) is 16.6 Å². The smallest absolute Gasteiger partial charge is 0.276 e. The van der Waals surface area contributed by atoms with Crippen molar-refractivity contribution in [2.75, 3.05) is 0 Å². The number of rotatable bonds is 7. The Bertz CT molecular complexity index is 1070. The van der Waals surface area contributed by atoms with Crippen LogP contribution in [0.15, 0.2) is 82.8 Å². The van der Waals surface area contributed by atoms with Gasteiger partial charge in [-0.1, -0.05) is 59.6 Å². The van der Waals surface area contributed by atoms with Gasteiger partial charge >= 0.3 is 0 Å². The maximum atomic E-state index is 12.2. The van der Waals surface area contributed by atoms with E-state index in [0.717, 1.165) is 11.1 Å². The number of nitrogens with one attached hydrogen (secondary N) is 1. The Hall–Kier alpha value is -2.83. The minimum absolute atomic E-state index is 0.151. The van der Waals surface area contributed by atoms with Crippen LogP contribution in [0.4, 0.5) is 0 Å². The van der Waals surface area contributed by atoms with Crippen LogP contribution in [0, 0.1) is 6.92 Å². The highest BCUT2D eigenvalue weighted by atomic mass is 35.5. The lowest BCUT2D eigenvalue weighted by Gasteiger charge is -2.08. The molecule has 7 heteroatoms. The van der Waals surface area contributed by atoms with Gasteiger partial charge in [0.2, 0.25) is 0 Å². The van der Waals surface area contributed by atoms with Gasteiger partial charge in [0.05, 0.1) is 16.1 Å². The van der Waals surface area contributed by atoms with E-state index in [1.165, 1.54) is 18.3 Å². The largest absolute Gasteiger partial charge is 0.487 e. The molecule has 0 aliphatic carbocycles. The predicted molar refractivity (Wildman–Crippen MR) is 111 cm³/mol. The summed E-state index contributed by atoms with van der Waals surface area (Å²) in [6, 6.07) is 21.4. The van der Waals surface area contributed by atoms with Gasteiger partial charge < -0.3 is 4.74 Å². The number of ether oxygens (including phenoxy) is 1. The molecule has 0 spiro atoms. The lowest BCUT2D eigenvalue weighted by molar-refractivity contribution is 0.306. The summed E-state index contributed by atoms with van der Waals surface area (Å²) >= 11 is 6.25. The number of nitrogens with zero attached hydrogens (tertiary/aromatic N) is 1.